The fraction of sp³-hybridized carbons (Fsp3) is 0.250. The molecule has 1 aliphatic heterocycles. The second-order valence-corrected chi connectivity index (χ2v) is 7.51. The number of ether oxygens (including phenoxy) is 1. The van der Waals surface area contributed by atoms with Gasteiger partial charge in [0.15, 0.2) is 11.6 Å². The largest absolute Gasteiger partial charge is 0.474 e. The molecule has 4 heterocycles. The number of rotatable bonds is 8. The highest BCUT2D eigenvalue weighted by Gasteiger charge is 2.24. The van der Waals surface area contributed by atoms with Crippen molar-refractivity contribution < 1.29 is 14.3 Å². The van der Waals surface area contributed by atoms with Gasteiger partial charge in [-0.1, -0.05) is 19.9 Å². The number of amides is 1. The molecule has 0 atom stereocenters. The van der Waals surface area contributed by atoms with E-state index in [0.29, 0.717) is 53.1 Å². The molecular weight excluding hydrogens is 420 g/mol. The maximum absolute atomic E-state index is 12.5. The third kappa shape index (κ3) is 4.43. The average molecular weight is 444 g/mol. The van der Waals surface area contributed by atoms with Gasteiger partial charge < -0.3 is 20.0 Å². The fourth-order valence-corrected chi connectivity index (χ4v) is 3.74. The summed E-state index contributed by atoms with van der Waals surface area (Å²) in [5.41, 5.74) is 3.92. The normalized spacial score (nSPS) is 12.6. The zero-order valence-electron chi connectivity index (χ0n) is 18.3. The van der Waals surface area contributed by atoms with Crippen LogP contribution in [0.2, 0.25) is 0 Å². The Hall–Kier alpha value is -4.14. The molecule has 0 aliphatic carbocycles. The van der Waals surface area contributed by atoms with E-state index in [2.05, 4.69) is 26.5 Å². The molecule has 0 fully saturated rings. The number of H-pyrrole nitrogens is 1. The van der Waals surface area contributed by atoms with Crippen molar-refractivity contribution in [1.29, 1.82) is 5.41 Å². The first kappa shape index (κ1) is 22.1. The molecule has 1 aliphatic rings. The number of hydrogen-bond donors (Lipinski definition) is 2. The Bertz CT molecular complexity index is 1230. The van der Waals surface area contributed by atoms with Crippen molar-refractivity contribution in [2.75, 3.05) is 18.1 Å². The Morgan fingerprint density at radius 3 is 2.94 bits per heavy atom. The predicted molar refractivity (Wildman–Crippen MR) is 125 cm³/mol. The Morgan fingerprint density at radius 1 is 1.33 bits per heavy atom. The number of aromatic amines is 1. The van der Waals surface area contributed by atoms with E-state index in [1.165, 1.54) is 6.08 Å². The molecule has 1 amide bonds. The van der Waals surface area contributed by atoms with Gasteiger partial charge in [0.1, 0.15) is 12.3 Å². The number of aromatic nitrogens is 4. The molecular formula is C24H24N6O3. The molecule has 0 saturated carbocycles. The lowest BCUT2D eigenvalue weighted by atomic mass is 10.1. The highest BCUT2D eigenvalue weighted by molar-refractivity contribution is 6.05. The van der Waals surface area contributed by atoms with Crippen molar-refractivity contribution in [2.24, 2.45) is 0 Å². The fourth-order valence-electron chi connectivity index (χ4n) is 3.74. The number of hydrogen-bond acceptors (Lipinski definition) is 7. The smallest absolute Gasteiger partial charge is 0.250 e. The summed E-state index contributed by atoms with van der Waals surface area (Å²) in [6, 6.07) is 5.32. The van der Waals surface area contributed by atoms with E-state index >= 15 is 0 Å². The number of fused-ring (bicyclic) bond motifs is 1. The molecule has 0 radical (unpaired) electrons. The van der Waals surface area contributed by atoms with Crippen LogP contribution in [0.15, 0.2) is 43.2 Å². The van der Waals surface area contributed by atoms with Gasteiger partial charge in [0.2, 0.25) is 5.88 Å². The summed E-state index contributed by atoms with van der Waals surface area (Å²) in [6.45, 7) is 6.37. The summed E-state index contributed by atoms with van der Waals surface area (Å²) in [5, 5.41) is 7.25. The van der Waals surface area contributed by atoms with Crippen LogP contribution in [0.3, 0.4) is 0 Å². The van der Waals surface area contributed by atoms with Crippen LogP contribution in [0.25, 0.3) is 22.8 Å². The molecule has 9 nitrogen and oxygen atoms in total. The minimum absolute atomic E-state index is 0.0613. The molecule has 0 bridgehead atoms. The van der Waals surface area contributed by atoms with Crippen LogP contribution in [-0.2, 0) is 11.2 Å². The van der Waals surface area contributed by atoms with Crippen LogP contribution >= 0.6 is 0 Å². The van der Waals surface area contributed by atoms with E-state index in [4.69, 9.17) is 10.1 Å². The number of aryl methyl sites for hydroxylation is 1. The van der Waals surface area contributed by atoms with Crippen LogP contribution in [0.5, 0.6) is 5.88 Å². The van der Waals surface area contributed by atoms with Crippen molar-refractivity contribution in [1.82, 2.24) is 19.9 Å². The highest BCUT2D eigenvalue weighted by atomic mass is 16.5. The minimum Gasteiger partial charge on any atom is -0.474 e. The molecule has 0 saturated heterocycles. The first-order valence-electron chi connectivity index (χ1n) is 10.7. The Morgan fingerprint density at radius 2 is 2.18 bits per heavy atom. The minimum atomic E-state index is -0.231. The molecule has 168 valence electrons. The quantitative estimate of drug-likeness (QED) is 0.311. The van der Waals surface area contributed by atoms with Gasteiger partial charge in [0, 0.05) is 41.8 Å². The molecule has 2 N–H and O–H groups in total. The van der Waals surface area contributed by atoms with Crippen LogP contribution in [-0.4, -0.2) is 51.0 Å². The van der Waals surface area contributed by atoms with Crippen molar-refractivity contribution in [2.45, 2.75) is 26.2 Å². The SMILES string of the molecule is C=CC(=O)N1CCOc2ncc(-c3nccc(-c4cc(C(=O)CC=N)c(CCC)[nH]4)n3)cc21. The van der Waals surface area contributed by atoms with E-state index in [1.54, 1.807) is 35.5 Å². The summed E-state index contributed by atoms with van der Waals surface area (Å²) in [4.78, 5) is 43.0. The number of Topliss-reactive ketones (excluding diaryl/α,β-unsaturated/α-hetero) is 1. The van der Waals surface area contributed by atoms with Crippen molar-refractivity contribution in [3.63, 3.8) is 0 Å². The van der Waals surface area contributed by atoms with Gasteiger partial charge in [-0.2, -0.15) is 0 Å². The van der Waals surface area contributed by atoms with Gasteiger partial charge in [-0.25, -0.2) is 15.0 Å². The van der Waals surface area contributed by atoms with Gasteiger partial charge in [-0.15, -0.1) is 0 Å². The Kier molecular flexibility index (Phi) is 6.39. The van der Waals surface area contributed by atoms with E-state index in [1.807, 2.05) is 6.92 Å². The summed E-state index contributed by atoms with van der Waals surface area (Å²) in [5.74, 6) is 0.471. The number of nitrogens with zero attached hydrogens (tertiary/aromatic N) is 4. The van der Waals surface area contributed by atoms with Crippen molar-refractivity contribution >= 4 is 23.6 Å². The van der Waals surface area contributed by atoms with Crippen LogP contribution in [0, 0.1) is 5.41 Å². The maximum atomic E-state index is 12.5. The molecule has 3 aromatic rings. The number of carbonyl (C=O) groups excluding carboxylic acids is 2. The van der Waals surface area contributed by atoms with Gasteiger partial charge in [-0.3, -0.25) is 9.59 Å². The average Bonchev–Trinajstić information content (AvgIpc) is 3.27. The maximum Gasteiger partial charge on any atom is 0.250 e. The molecule has 3 aromatic heterocycles. The molecule has 0 aromatic carbocycles. The number of nitrogens with one attached hydrogen (secondary N) is 2. The second-order valence-electron chi connectivity index (χ2n) is 7.51. The second kappa shape index (κ2) is 9.56. The van der Waals surface area contributed by atoms with E-state index < -0.39 is 0 Å². The molecule has 0 spiro atoms. The molecule has 4 rings (SSSR count). The lowest BCUT2D eigenvalue weighted by molar-refractivity contribution is -0.114. The van der Waals surface area contributed by atoms with Gasteiger partial charge in [0.05, 0.1) is 17.9 Å². The summed E-state index contributed by atoms with van der Waals surface area (Å²) in [7, 11) is 0. The molecule has 0 unspecified atom stereocenters. The molecule has 9 heteroatoms. The Labute approximate surface area is 191 Å². The van der Waals surface area contributed by atoms with Crippen LogP contribution < -0.4 is 9.64 Å². The van der Waals surface area contributed by atoms with Crippen molar-refractivity contribution in [3.8, 4) is 28.7 Å². The lowest BCUT2D eigenvalue weighted by Crippen LogP contribution is -2.37. The summed E-state index contributed by atoms with van der Waals surface area (Å²) < 4.78 is 5.58. The van der Waals surface area contributed by atoms with E-state index in [-0.39, 0.29) is 18.1 Å². The number of carbonyl (C=O) groups is 2. The standard InChI is InChI=1S/C24H24N6O3/c1-3-5-17-16(21(31)6-8-25)13-19(28-17)18-7-9-26-23(29-18)15-12-20-24(27-14-15)33-11-10-30(20)22(32)4-2/h4,7-9,12-14,25,28H,2-3,5-6,10-11H2,1H3. The summed E-state index contributed by atoms with van der Waals surface area (Å²) in [6.07, 6.45) is 7.28. The third-order valence-corrected chi connectivity index (χ3v) is 5.29. The van der Waals surface area contributed by atoms with Crippen molar-refractivity contribution in [3.05, 3.63) is 54.5 Å². The number of anilines is 1. The van der Waals surface area contributed by atoms with Gasteiger partial charge in [0.25, 0.3) is 5.91 Å². The topological polar surface area (TPSA) is 125 Å². The lowest BCUT2D eigenvalue weighted by Gasteiger charge is -2.28. The highest BCUT2D eigenvalue weighted by Crippen LogP contribution is 2.33. The monoisotopic (exact) mass is 444 g/mol. The number of ketones is 1. The Balaban J connectivity index is 1.72. The summed E-state index contributed by atoms with van der Waals surface area (Å²) >= 11 is 0. The van der Waals surface area contributed by atoms with Crippen LogP contribution in [0.4, 0.5) is 5.69 Å². The molecule has 33 heavy (non-hydrogen) atoms. The van der Waals surface area contributed by atoms with Gasteiger partial charge >= 0.3 is 0 Å². The van der Waals surface area contributed by atoms with Gasteiger partial charge in [-0.05, 0) is 30.7 Å². The number of pyridine rings is 1. The van der Waals surface area contributed by atoms with E-state index in [0.717, 1.165) is 24.8 Å². The zero-order chi connectivity index (χ0) is 23.4. The first-order valence-corrected chi connectivity index (χ1v) is 10.7. The zero-order valence-corrected chi connectivity index (χ0v) is 18.3. The van der Waals surface area contributed by atoms with Crippen LogP contribution in [0.1, 0.15) is 35.8 Å². The van der Waals surface area contributed by atoms with E-state index in [9.17, 15) is 9.59 Å². The first-order chi connectivity index (χ1) is 16.0. The predicted octanol–water partition coefficient (Wildman–Crippen LogP) is 3.62. The third-order valence-electron chi connectivity index (χ3n) is 5.29.